The molecule has 0 aliphatic heterocycles. The predicted octanol–water partition coefficient (Wildman–Crippen LogP) is 2.62. The molecule has 3 amide bonds. The first-order chi connectivity index (χ1) is 13.6. The molecule has 0 bridgehead atoms. The molecular weight excluding hydrogens is 360 g/mol. The van der Waals surface area contributed by atoms with Crippen LogP contribution in [0.4, 0.5) is 11.4 Å². The Morgan fingerprint density at radius 1 is 0.821 bits per heavy atom. The van der Waals surface area contributed by atoms with Gasteiger partial charge in [0.1, 0.15) is 5.76 Å². The van der Waals surface area contributed by atoms with E-state index >= 15 is 0 Å². The summed E-state index contributed by atoms with van der Waals surface area (Å²) in [5, 5.41) is 8.77. The molecular formula is C20H16N4O4. The summed E-state index contributed by atoms with van der Waals surface area (Å²) in [5.41, 5.74) is 3.11. The summed E-state index contributed by atoms with van der Waals surface area (Å²) in [6.07, 6.45) is 2.71. The number of carbonyl (C=O) groups excluding carboxylic acids is 3. The molecule has 3 rings (SSSR count). The summed E-state index contributed by atoms with van der Waals surface area (Å²) in [7, 11) is 0. The smallest absolute Gasteiger partial charge is 0.329 e. The van der Waals surface area contributed by atoms with Crippen molar-refractivity contribution in [1.82, 2.24) is 5.43 Å². The first-order valence-corrected chi connectivity index (χ1v) is 8.27. The van der Waals surface area contributed by atoms with E-state index in [0.717, 1.165) is 0 Å². The van der Waals surface area contributed by atoms with Gasteiger partial charge >= 0.3 is 11.8 Å². The van der Waals surface area contributed by atoms with Crippen LogP contribution >= 0.6 is 0 Å². The fraction of sp³-hybridized carbons (Fsp3) is 0. The number of hydrogen-bond donors (Lipinski definition) is 3. The number of benzene rings is 2. The molecule has 8 heteroatoms. The molecule has 0 fully saturated rings. The lowest BCUT2D eigenvalue weighted by Crippen LogP contribution is -2.33. The lowest BCUT2D eigenvalue weighted by Gasteiger charge is -2.11. The molecule has 0 unspecified atom stereocenters. The van der Waals surface area contributed by atoms with E-state index < -0.39 is 17.7 Å². The van der Waals surface area contributed by atoms with Gasteiger partial charge in [-0.05, 0) is 36.4 Å². The summed E-state index contributed by atoms with van der Waals surface area (Å²) in [6, 6.07) is 18.5. The Morgan fingerprint density at radius 2 is 1.57 bits per heavy atom. The number of para-hydroxylation sites is 2. The second kappa shape index (κ2) is 8.95. The van der Waals surface area contributed by atoms with Gasteiger partial charge in [-0.25, -0.2) is 5.43 Å². The van der Waals surface area contributed by atoms with Crippen LogP contribution in [0.15, 0.2) is 82.5 Å². The number of rotatable bonds is 5. The van der Waals surface area contributed by atoms with Gasteiger partial charge in [-0.3, -0.25) is 14.4 Å². The number of hydrazone groups is 1. The Balaban J connectivity index is 1.64. The van der Waals surface area contributed by atoms with E-state index in [1.807, 2.05) is 6.07 Å². The van der Waals surface area contributed by atoms with E-state index in [9.17, 15) is 14.4 Å². The quantitative estimate of drug-likeness (QED) is 0.361. The number of nitrogens with one attached hydrogen (secondary N) is 3. The lowest BCUT2D eigenvalue weighted by molar-refractivity contribution is -0.136. The fourth-order valence-electron chi connectivity index (χ4n) is 2.26. The molecule has 0 aliphatic rings. The molecule has 0 atom stereocenters. The van der Waals surface area contributed by atoms with Crippen molar-refractivity contribution in [1.29, 1.82) is 0 Å². The maximum atomic E-state index is 12.5. The van der Waals surface area contributed by atoms with Crippen molar-refractivity contribution in [3.63, 3.8) is 0 Å². The molecule has 3 N–H and O–H groups in total. The van der Waals surface area contributed by atoms with E-state index in [1.54, 1.807) is 54.6 Å². The second-order valence-electron chi connectivity index (χ2n) is 5.53. The van der Waals surface area contributed by atoms with Gasteiger partial charge in [0.2, 0.25) is 0 Å². The van der Waals surface area contributed by atoms with E-state index in [1.165, 1.54) is 18.5 Å². The first-order valence-electron chi connectivity index (χ1n) is 8.27. The minimum atomic E-state index is -0.985. The van der Waals surface area contributed by atoms with Crippen LogP contribution in [0.3, 0.4) is 0 Å². The Kier molecular flexibility index (Phi) is 5.94. The Morgan fingerprint density at radius 3 is 2.32 bits per heavy atom. The SMILES string of the molecule is O=C(NN=Cc1ccco1)C(=O)Nc1ccccc1C(=O)Nc1ccccc1. The number of nitrogens with zero attached hydrogens (tertiary/aromatic N) is 1. The van der Waals surface area contributed by atoms with E-state index in [-0.39, 0.29) is 11.3 Å². The summed E-state index contributed by atoms with van der Waals surface area (Å²) in [6.45, 7) is 0. The highest BCUT2D eigenvalue weighted by atomic mass is 16.3. The first kappa shape index (κ1) is 18.6. The van der Waals surface area contributed by atoms with Crippen LogP contribution in [-0.2, 0) is 9.59 Å². The van der Waals surface area contributed by atoms with Crippen LogP contribution in [0, 0.1) is 0 Å². The van der Waals surface area contributed by atoms with Crippen molar-refractivity contribution in [2.75, 3.05) is 10.6 Å². The van der Waals surface area contributed by atoms with Crippen LogP contribution in [-0.4, -0.2) is 23.9 Å². The van der Waals surface area contributed by atoms with Crippen molar-refractivity contribution in [3.05, 3.63) is 84.3 Å². The van der Waals surface area contributed by atoms with E-state index in [0.29, 0.717) is 11.4 Å². The zero-order chi connectivity index (χ0) is 19.8. The molecule has 1 aromatic heterocycles. The van der Waals surface area contributed by atoms with Crippen LogP contribution in [0.2, 0.25) is 0 Å². The van der Waals surface area contributed by atoms with Crippen molar-refractivity contribution in [3.8, 4) is 0 Å². The van der Waals surface area contributed by atoms with Crippen LogP contribution in [0.1, 0.15) is 16.1 Å². The second-order valence-corrected chi connectivity index (χ2v) is 5.53. The Hall–Kier alpha value is -4.20. The number of anilines is 2. The molecule has 0 radical (unpaired) electrons. The van der Waals surface area contributed by atoms with Gasteiger partial charge in [-0.1, -0.05) is 30.3 Å². The molecule has 0 aliphatic carbocycles. The highest BCUT2D eigenvalue weighted by molar-refractivity contribution is 6.40. The molecule has 0 saturated heterocycles. The molecule has 0 saturated carbocycles. The summed E-state index contributed by atoms with van der Waals surface area (Å²) in [5.74, 6) is -1.94. The van der Waals surface area contributed by atoms with Gasteiger partial charge in [0.25, 0.3) is 5.91 Å². The van der Waals surface area contributed by atoms with Gasteiger partial charge in [-0.15, -0.1) is 0 Å². The van der Waals surface area contributed by atoms with Crippen LogP contribution < -0.4 is 16.1 Å². The monoisotopic (exact) mass is 376 g/mol. The minimum absolute atomic E-state index is 0.200. The summed E-state index contributed by atoms with van der Waals surface area (Å²) >= 11 is 0. The third kappa shape index (κ3) is 4.92. The minimum Gasteiger partial charge on any atom is -0.463 e. The van der Waals surface area contributed by atoms with Crippen LogP contribution in [0.25, 0.3) is 0 Å². The van der Waals surface area contributed by atoms with Gasteiger partial charge in [0, 0.05) is 5.69 Å². The van der Waals surface area contributed by atoms with Crippen molar-refractivity contribution in [2.24, 2.45) is 5.10 Å². The van der Waals surface area contributed by atoms with Crippen LogP contribution in [0.5, 0.6) is 0 Å². The molecule has 0 spiro atoms. The normalized spacial score (nSPS) is 10.4. The van der Waals surface area contributed by atoms with Gasteiger partial charge < -0.3 is 15.1 Å². The average Bonchev–Trinajstić information content (AvgIpc) is 3.22. The maximum absolute atomic E-state index is 12.5. The lowest BCUT2D eigenvalue weighted by atomic mass is 10.1. The number of carbonyl (C=O) groups is 3. The zero-order valence-corrected chi connectivity index (χ0v) is 14.6. The fourth-order valence-corrected chi connectivity index (χ4v) is 2.26. The van der Waals surface area contributed by atoms with Gasteiger partial charge in [0.05, 0.1) is 23.7 Å². The third-order valence-corrected chi connectivity index (χ3v) is 3.56. The summed E-state index contributed by atoms with van der Waals surface area (Å²) < 4.78 is 5.02. The number of furan rings is 1. The largest absolute Gasteiger partial charge is 0.463 e. The number of amides is 3. The van der Waals surface area contributed by atoms with E-state index in [4.69, 9.17) is 4.42 Å². The Bertz CT molecular complexity index is 998. The van der Waals surface area contributed by atoms with Crippen molar-refractivity contribution >= 4 is 35.3 Å². The standard InChI is InChI=1S/C20H16N4O4/c25-18(22-14-7-2-1-3-8-14)16-10-4-5-11-17(16)23-19(26)20(27)24-21-13-15-9-6-12-28-15/h1-13H,(H,22,25)(H,23,26)(H,24,27). The molecule has 28 heavy (non-hydrogen) atoms. The molecule has 2 aromatic carbocycles. The van der Waals surface area contributed by atoms with E-state index in [2.05, 4.69) is 21.2 Å². The van der Waals surface area contributed by atoms with Crippen molar-refractivity contribution in [2.45, 2.75) is 0 Å². The summed E-state index contributed by atoms with van der Waals surface area (Å²) in [4.78, 5) is 36.5. The maximum Gasteiger partial charge on any atom is 0.329 e. The molecule has 1 heterocycles. The van der Waals surface area contributed by atoms with Crippen molar-refractivity contribution < 1.29 is 18.8 Å². The predicted molar refractivity (Wildman–Crippen MR) is 104 cm³/mol. The Labute approximate surface area is 160 Å². The molecule has 140 valence electrons. The average molecular weight is 376 g/mol. The molecule has 8 nitrogen and oxygen atoms in total. The van der Waals surface area contributed by atoms with Gasteiger partial charge in [0.15, 0.2) is 0 Å². The highest BCUT2D eigenvalue weighted by Gasteiger charge is 2.17. The highest BCUT2D eigenvalue weighted by Crippen LogP contribution is 2.17. The number of hydrogen-bond acceptors (Lipinski definition) is 5. The molecule has 3 aromatic rings. The third-order valence-electron chi connectivity index (χ3n) is 3.56. The zero-order valence-electron chi connectivity index (χ0n) is 14.6. The van der Waals surface area contributed by atoms with Gasteiger partial charge in [-0.2, -0.15) is 5.10 Å². The topological polar surface area (TPSA) is 113 Å².